The maximum atomic E-state index is 10.1. The summed E-state index contributed by atoms with van der Waals surface area (Å²) in [5.41, 5.74) is 2.77. The van der Waals surface area contributed by atoms with Gasteiger partial charge in [-0.1, -0.05) is 36.7 Å². The van der Waals surface area contributed by atoms with Crippen molar-refractivity contribution < 1.29 is 5.11 Å². The topological polar surface area (TPSA) is 63.3 Å². The van der Waals surface area contributed by atoms with Gasteiger partial charge >= 0.3 is 0 Å². The molecular weight excluding hydrogens is 368 g/mol. The highest BCUT2D eigenvalue weighted by molar-refractivity contribution is 7.15. The van der Waals surface area contributed by atoms with Crippen LogP contribution >= 0.6 is 22.9 Å². The lowest BCUT2D eigenvalue weighted by Crippen LogP contribution is -2.09. The van der Waals surface area contributed by atoms with Gasteiger partial charge in [0.15, 0.2) is 5.82 Å². The average Bonchev–Trinajstić information content (AvgIpc) is 3.16. The first kappa shape index (κ1) is 17.4. The van der Waals surface area contributed by atoms with Crippen LogP contribution in [0, 0.1) is 6.92 Å². The summed E-state index contributed by atoms with van der Waals surface area (Å²) in [6.07, 6.45) is -0.431. The Kier molecular flexibility index (Phi) is 4.42. The molecule has 134 valence electrons. The van der Waals surface area contributed by atoms with Gasteiger partial charge in [-0.2, -0.15) is 0 Å². The summed E-state index contributed by atoms with van der Waals surface area (Å²) in [4.78, 5) is 5.92. The van der Waals surface area contributed by atoms with E-state index in [1.165, 1.54) is 0 Å². The van der Waals surface area contributed by atoms with E-state index in [0.717, 1.165) is 38.4 Å². The summed E-state index contributed by atoms with van der Waals surface area (Å²) in [6.45, 7) is 6.23. The number of halogens is 1. The van der Waals surface area contributed by atoms with Crippen molar-refractivity contribution in [3.63, 3.8) is 0 Å². The van der Waals surface area contributed by atoms with Crippen LogP contribution in [0.2, 0.25) is 5.02 Å². The molecule has 7 heteroatoms. The van der Waals surface area contributed by atoms with E-state index < -0.39 is 6.10 Å². The van der Waals surface area contributed by atoms with E-state index in [9.17, 15) is 5.11 Å². The molecule has 1 aromatic carbocycles. The molecule has 0 radical (unpaired) electrons. The van der Waals surface area contributed by atoms with Crippen LogP contribution in [0.15, 0.2) is 35.3 Å². The van der Waals surface area contributed by atoms with E-state index in [-0.39, 0.29) is 5.92 Å². The first-order valence-electron chi connectivity index (χ1n) is 8.50. The van der Waals surface area contributed by atoms with Gasteiger partial charge in [0.2, 0.25) is 0 Å². The largest absolute Gasteiger partial charge is 0.393 e. The first-order valence-corrected chi connectivity index (χ1v) is 9.69. The number of aliphatic hydroxyl groups excluding tert-OH is 1. The molecule has 0 spiro atoms. The number of aliphatic imine (C=N–C) groups is 1. The summed E-state index contributed by atoms with van der Waals surface area (Å²) in [5, 5.41) is 20.3. The molecule has 2 atom stereocenters. The van der Waals surface area contributed by atoms with Crippen molar-refractivity contribution in [1.29, 1.82) is 0 Å². The predicted octanol–water partition coefficient (Wildman–Crippen LogP) is 4.13. The number of hydrogen-bond donors (Lipinski definition) is 1. The van der Waals surface area contributed by atoms with Gasteiger partial charge in [0.1, 0.15) is 17.4 Å². The zero-order chi connectivity index (χ0) is 18.4. The van der Waals surface area contributed by atoms with Gasteiger partial charge in [0.05, 0.1) is 11.8 Å². The van der Waals surface area contributed by atoms with Gasteiger partial charge in [0.25, 0.3) is 0 Å². The van der Waals surface area contributed by atoms with Crippen LogP contribution in [0.1, 0.15) is 47.4 Å². The summed E-state index contributed by atoms with van der Waals surface area (Å²) < 4.78 is 2.06. The predicted molar refractivity (Wildman–Crippen MR) is 105 cm³/mol. The van der Waals surface area contributed by atoms with E-state index in [0.29, 0.717) is 11.6 Å². The van der Waals surface area contributed by atoms with Gasteiger partial charge < -0.3 is 5.11 Å². The van der Waals surface area contributed by atoms with Gasteiger partial charge in [-0.25, -0.2) is 0 Å². The molecule has 1 N–H and O–H groups in total. The van der Waals surface area contributed by atoms with Crippen LogP contribution in [0.25, 0.3) is 5.00 Å². The molecule has 0 amide bonds. The first-order chi connectivity index (χ1) is 12.5. The molecule has 5 nitrogen and oxygen atoms in total. The third kappa shape index (κ3) is 2.78. The highest BCUT2D eigenvalue weighted by atomic mass is 35.5. The SMILES string of the molecule is Cc1nnc2n1-c1sc(C(C)C(C)O)cc1C(c1ccccc1Cl)=NC2. The molecule has 0 fully saturated rings. The summed E-state index contributed by atoms with van der Waals surface area (Å²) in [7, 11) is 0. The molecule has 1 aliphatic heterocycles. The van der Waals surface area contributed by atoms with Gasteiger partial charge in [-0.3, -0.25) is 9.56 Å². The minimum absolute atomic E-state index is 0.0275. The third-order valence-electron chi connectivity index (χ3n) is 4.76. The second-order valence-electron chi connectivity index (χ2n) is 6.54. The smallest absolute Gasteiger partial charge is 0.160 e. The van der Waals surface area contributed by atoms with E-state index in [2.05, 4.69) is 20.8 Å². The van der Waals surface area contributed by atoms with Gasteiger partial charge in [0, 0.05) is 26.9 Å². The minimum atomic E-state index is -0.431. The number of benzene rings is 1. The number of fused-ring (bicyclic) bond motifs is 3. The fourth-order valence-electron chi connectivity index (χ4n) is 3.09. The number of hydrogen-bond acceptors (Lipinski definition) is 5. The van der Waals surface area contributed by atoms with Crippen LogP contribution in [-0.4, -0.2) is 31.7 Å². The van der Waals surface area contributed by atoms with Crippen molar-refractivity contribution in [2.24, 2.45) is 4.99 Å². The number of aliphatic hydroxyl groups is 1. The Balaban J connectivity index is 1.96. The molecule has 0 bridgehead atoms. The van der Waals surface area contributed by atoms with Crippen molar-refractivity contribution in [3.05, 3.63) is 63.0 Å². The van der Waals surface area contributed by atoms with Crippen molar-refractivity contribution in [2.45, 2.75) is 39.3 Å². The zero-order valence-electron chi connectivity index (χ0n) is 14.8. The van der Waals surface area contributed by atoms with Gasteiger partial charge in [-0.15, -0.1) is 21.5 Å². The van der Waals surface area contributed by atoms with Crippen LogP contribution in [0.3, 0.4) is 0 Å². The molecule has 4 rings (SSSR count). The van der Waals surface area contributed by atoms with Crippen LogP contribution in [0.5, 0.6) is 0 Å². The summed E-state index contributed by atoms with van der Waals surface area (Å²) in [5.74, 6) is 1.67. The Hall–Kier alpha value is -2.02. The zero-order valence-corrected chi connectivity index (χ0v) is 16.3. The normalized spacial score (nSPS) is 15.7. The Labute approximate surface area is 161 Å². The number of aryl methyl sites for hydroxylation is 1. The molecule has 0 aliphatic carbocycles. The summed E-state index contributed by atoms with van der Waals surface area (Å²) >= 11 is 8.11. The minimum Gasteiger partial charge on any atom is -0.393 e. The Bertz CT molecular complexity index is 1000. The number of rotatable bonds is 3. The molecule has 26 heavy (non-hydrogen) atoms. The molecular formula is C19H19ClN4OS. The molecule has 0 saturated heterocycles. The maximum absolute atomic E-state index is 10.1. The quantitative estimate of drug-likeness (QED) is 0.736. The Morgan fingerprint density at radius 2 is 1.96 bits per heavy atom. The Morgan fingerprint density at radius 1 is 1.19 bits per heavy atom. The monoisotopic (exact) mass is 386 g/mol. The van der Waals surface area contributed by atoms with E-state index >= 15 is 0 Å². The maximum Gasteiger partial charge on any atom is 0.160 e. The molecule has 2 unspecified atom stereocenters. The lowest BCUT2D eigenvalue weighted by molar-refractivity contribution is 0.170. The molecule has 2 aromatic heterocycles. The van der Waals surface area contributed by atoms with Crippen LogP contribution in [-0.2, 0) is 6.54 Å². The molecule has 3 aromatic rings. The lowest BCUT2D eigenvalue weighted by atomic mass is 10.00. The van der Waals surface area contributed by atoms with Crippen molar-refractivity contribution in [3.8, 4) is 5.00 Å². The van der Waals surface area contributed by atoms with Crippen LogP contribution < -0.4 is 0 Å². The molecule has 3 heterocycles. The average molecular weight is 387 g/mol. The van der Waals surface area contributed by atoms with Crippen molar-refractivity contribution in [1.82, 2.24) is 14.8 Å². The number of aromatic nitrogens is 3. The number of nitrogens with zero attached hydrogens (tertiary/aromatic N) is 4. The second kappa shape index (κ2) is 6.61. The van der Waals surface area contributed by atoms with Crippen molar-refractivity contribution >= 4 is 28.6 Å². The van der Waals surface area contributed by atoms with E-state index in [1.807, 2.05) is 45.0 Å². The van der Waals surface area contributed by atoms with Gasteiger partial charge in [-0.05, 0) is 26.0 Å². The number of thiophene rings is 1. The second-order valence-corrected chi connectivity index (χ2v) is 8.01. The van der Waals surface area contributed by atoms with E-state index in [1.54, 1.807) is 11.3 Å². The highest BCUT2D eigenvalue weighted by Gasteiger charge is 2.27. The molecule has 0 saturated carbocycles. The third-order valence-corrected chi connectivity index (χ3v) is 6.41. The fraction of sp³-hybridized carbons (Fsp3) is 0.316. The highest BCUT2D eigenvalue weighted by Crippen LogP contribution is 2.37. The lowest BCUT2D eigenvalue weighted by Gasteiger charge is -2.12. The van der Waals surface area contributed by atoms with E-state index in [4.69, 9.17) is 16.6 Å². The van der Waals surface area contributed by atoms with Crippen molar-refractivity contribution in [2.75, 3.05) is 0 Å². The fourth-order valence-corrected chi connectivity index (χ4v) is 4.69. The summed E-state index contributed by atoms with van der Waals surface area (Å²) in [6, 6.07) is 9.86. The standard InChI is InChI=1S/C19H19ClN4OS/c1-10(11(2)25)16-8-14-18(13-6-4-5-7-15(13)20)21-9-17-23-22-12(3)24(17)19(14)26-16/h4-8,10-11,25H,9H2,1-3H3. The van der Waals surface area contributed by atoms with Crippen LogP contribution in [0.4, 0.5) is 0 Å². The molecule has 1 aliphatic rings. The Morgan fingerprint density at radius 3 is 2.69 bits per heavy atom.